The zero-order chi connectivity index (χ0) is 25.5. The first-order chi connectivity index (χ1) is 15.8. The Morgan fingerprint density at radius 1 is 1.12 bits per heavy atom. The van der Waals surface area contributed by atoms with Crippen LogP contribution >= 0.6 is 0 Å². The van der Waals surface area contributed by atoms with Crippen LogP contribution in [0.2, 0.25) is 0 Å². The van der Waals surface area contributed by atoms with E-state index in [-0.39, 0.29) is 6.42 Å². The standard InChI is InChI=1S/C24H36O10/c1-8-10(2)22(28)32-17-11(3)9-15(27)20-24(7,34-20)21(31-14(6)26)19-16(12(4)23(29)33-19)18(17)30-13(5)25/h10-12,15-21,27H,8-9H2,1-7H3/t10?,11-,12+,15+,16+,17+,18+,19-,20+,21?,24-/m1/s1. The van der Waals surface area contributed by atoms with Crippen molar-refractivity contribution in [3.63, 3.8) is 0 Å². The molecule has 10 nitrogen and oxygen atoms in total. The van der Waals surface area contributed by atoms with Crippen molar-refractivity contribution in [1.29, 1.82) is 0 Å². The molecule has 0 aromatic rings. The van der Waals surface area contributed by atoms with Crippen molar-refractivity contribution in [2.75, 3.05) is 0 Å². The molecule has 2 heterocycles. The maximum atomic E-state index is 12.8. The van der Waals surface area contributed by atoms with Gasteiger partial charge in [0.25, 0.3) is 0 Å². The number of ether oxygens (including phenoxy) is 5. The second kappa shape index (κ2) is 9.81. The highest BCUT2D eigenvalue weighted by Crippen LogP contribution is 2.51. The lowest BCUT2D eigenvalue weighted by molar-refractivity contribution is -0.190. The molecule has 3 rings (SSSR count). The second-order valence-corrected chi connectivity index (χ2v) is 10.1. The van der Waals surface area contributed by atoms with Crippen LogP contribution in [0.5, 0.6) is 0 Å². The van der Waals surface area contributed by atoms with Crippen LogP contribution in [-0.2, 0) is 42.9 Å². The van der Waals surface area contributed by atoms with Crippen LogP contribution in [0.15, 0.2) is 0 Å². The summed E-state index contributed by atoms with van der Waals surface area (Å²) in [5.74, 6) is -4.63. The highest BCUT2D eigenvalue weighted by Gasteiger charge is 2.69. The van der Waals surface area contributed by atoms with Crippen LogP contribution < -0.4 is 0 Å². The number of aliphatic hydroxyl groups excluding tert-OH is 1. The first kappa shape index (κ1) is 26.4. The number of aliphatic hydroxyl groups is 1. The van der Waals surface area contributed by atoms with Crippen molar-refractivity contribution in [2.45, 2.75) is 104 Å². The number of fused-ring (bicyclic) bond motifs is 2. The molecule has 0 spiro atoms. The van der Waals surface area contributed by atoms with E-state index in [0.717, 1.165) is 0 Å². The van der Waals surface area contributed by atoms with Crippen molar-refractivity contribution < 1.29 is 48.0 Å². The Morgan fingerprint density at radius 3 is 2.29 bits per heavy atom. The molecule has 3 fully saturated rings. The van der Waals surface area contributed by atoms with E-state index in [1.807, 2.05) is 6.92 Å². The quantitative estimate of drug-likeness (QED) is 0.347. The molecule has 2 saturated heterocycles. The smallest absolute Gasteiger partial charge is 0.309 e. The van der Waals surface area contributed by atoms with Crippen LogP contribution in [0, 0.1) is 23.7 Å². The van der Waals surface area contributed by atoms with Gasteiger partial charge < -0.3 is 28.8 Å². The molecule has 1 N–H and O–H groups in total. The van der Waals surface area contributed by atoms with Gasteiger partial charge in [-0.2, -0.15) is 0 Å². The SMILES string of the molecule is CCC(C)C(=O)O[C@@H]1[C@@H](OC(C)=O)[C@@H]2[C@H](C)C(=O)O[C@H]2C(OC(C)=O)[C@]2(C)O[C@H]2[C@@H](O)C[C@H]1C. The van der Waals surface area contributed by atoms with E-state index in [1.165, 1.54) is 13.8 Å². The van der Waals surface area contributed by atoms with Gasteiger partial charge in [0.05, 0.1) is 23.9 Å². The molecule has 0 amide bonds. The van der Waals surface area contributed by atoms with Crippen molar-refractivity contribution in [2.24, 2.45) is 23.7 Å². The summed E-state index contributed by atoms with van der Waals surface area (Å²) in [4.78, 5) is 49.7. The fourth-order valence-electron chi connectivity index (χ4n) is 5.23. The fraction of sp³-hybridized carbons (Fsp3) is 0.833. The molecule has 0 radical (unpaired) electrons. The summed E-state index contributed by atoms with van der Waals surface area (Å²) in [6.07, 6.45) is -5.06. The Morgan fingerprint density at radius 2 is 1.74 bits per heavy atom. The summed E-state index contributed by atoms with van der Waals surface area (Å²) in [6, 6.07) is 0. The topological polar surface area (TPSA) is 138 Å². The highest BCUT2D eigenvalue weighted by atomic mass is 16.7. The average Bonchev–Trinajstić information content (AvgIpc) is 3.36. The summed E-state index contributed by atoms with van der Waals surface area (Å²) < 4.78 is 28.7. The van der Waals surface area contributed by atoms with Gasteiger partial charge in [-0.3, -0.25) is 19.2 Å². The predicted molar refractivity (Wildman–Crippen MR) is 116 cm³/mol. The number of hydrogen-bond donors (Lipinski definition) is 1. The first-order valence-electron chi connectivity index (χ1n) is 11.9. The number of esters is 4. The molecule has 192 valence electrons. The number of epoxide rings is 1. The molecule has 0 bridgehead atoms. The molecule has 10 heteroatoms. The van der Waals surface area contributed by atoms with Crippen molar-refractivity contribution >= 4 is 23.9 Å². The molecule has 3 aliphatic rings. The van der Waals surface area contributed by atoms with Crippen LogP contribution in [0.25, 0.3) is 0 Å². The van der Waals surface area contributed by atoms with E-state index < -0.39 is 89.8 Å². The van der Waals surface area contributed by atoms with Gasteiger partial charge in [-0.05, 0) is 25.7 Å². The van der Waals surface area contributed by atoms with E-state index in [2.05, 4.69) is 0 Å². The van der Waals surface area contributed by atoms with E-state index >= 15 is 0 Å². The van der Waals surface area contributed by atoms with Crippen molar-refractivity contribution in [1.82, 2.24) is 0 Å². The Bertz CT molecular complexity index is 827. The average molecular weight is 485 g/mol. The molecule has 11 atom stereocenters. The van der Waals surface area contributed by atoms with Gasteiger partial charge in [0, 0.05) is 13.8 Å². The molecule has 34 heavy (non-hydrogen) atoms. The highest BCUT2D eigenvalue weighted by molar-refractivity contribution is 5.76. The monoisotopic (exact) mass is 484 g/mol. The summed E-state index contributed by atoms with van der Waals surface area (Å²) >= 11 is 0. The van der Waals surface area contributed by atoms with Gasteiger partial charge in [0.2, 0.25) is 0 Å². The third kappa shape index (κ3) is 4.93. The number of rotatable bonds is 5. The van der Waals surface area contributed by atoms with E-state index in [0.29, 0.717) is 6.42 Å². The minimum atomic E-state index is -1.10. The largest absolute Gasteiger partial charge is 0.458 e. The molecule has 1 aliphatic carbocycles. The van der Waals surface area contributed by atoms with Gasteiger partial charge in [0.1, 0.15) is 30.0 Å². The molecule has 0 aromatic heterocycles. The lowest BCUT2D eigenvalue weighted by atomic mass is 9.74. The van der Waals surface area contributed by atoms with Gasteiger partial charge >= 0.3 is 23.9 Å². The lowest BCUT2D eigenvalue weighted by Crippen LogP contribution is -2.55. The molecule has 2 unspecified atom stereocenters. The molecular weight excluding hydrogens is 448 g/mol. The third-order valence-corrected chi connectivity index (χ3v) is 7.42. The maximum absolute atomic E-state index is 12.8. The molecule has 2 aliphatic heterocycles. The van der Waals surface area contributed by atoms with Crippen LogP contribution in [0.4, 0.5) is 0 Å². The van der Waals surface area contributed by atoms with E-state index in [1.54, 1.807) is 27.7 Å². The lowest BCUT2D eigenvalue weighted by Gasteiger charge is -2.40. The van der Waals surface area contributed by atoms with Crippen molar-refractivity contribution in [3.05, 3.63) is 0 Å². The number of carbonyl (C=O) groups is 4. The first-order valence-corrected chi connectivity index (χ1v) is 11.9. The fourth-order valence-corrected chi connectivity index (χ4v) is 5.23. The van der Waals surface area contributed by atoms with Gasteiger partial charge in [-0.15, -0.1) is 0 Å². The normalized spacial score (nSPS) is 42.4. The molecule has 0 aromatic carbocycles. The number of hydrogen-bond acceptors (Lipinski definition) is 10. The van der Waals surface area contributed by atoms with Crippen LogP contribution in [0.3, 0.4) is 0 Å². The van der Waals surface area contributed by atoms with Gasteiger partial charge in [0.15, 0.2) is 6.10 Å². The van der Waals surface area contributed by atoms with E-state index in [4.69, 9.17) is 23.7 Å². The van der Waals surface area contributed by atoms with Crippen LogP contribution in [-0.4, -0.2) is 71.2 Å². The summed E-state index contributed by atoms with van der Waals surface area (Å²) in [7, 11) is 0. The summed E-state index contributed by atoms with van der Waals surface area (Å²) in [5.41, 5.74) is -1.10. The second-order valence-electron chi connectivity index (χ2n) is 10.1. The zero-order valence-corrected chi connectivity index (χ0v) is 20.8. The van der Waals surface area contributed by atoms with Crippen molar-refractivity contribution in [3.8, 4) is 0 Å². The Labute approximate surface area is 199 Å². The summed E-state index contributed by atoms with van der Waals surface area (Å²) in [5, 5.41) is 10.9. The molecular formula is C24H36O10. The maximum Gasteiger partial charge on any atom is 0.309 e. The Balaban J connectivity index is 2.12. The zero-order valence-electron chi connectivity index (χ0n) is 20.8. The summed E-state index contributed by atoms with van der Waals surface area (Å²) in [6.45, 7) is 11.2. The molecule has 1 saturated carbocycles. The minimum absolute atomic E-state index is 0.170. The van der Waals surface area contributed by atoms with Gasteiger partial charge in [-0.25, -0.2) is 0 Å². The van der Waals surface area contributed by atoms with E-state index in [9.17, 15) is 24.3 Å². The predicted octanol–water partition coefficient (Wildman–Crippen LogP) is 1.54. The third-order valence-electron chi connectivity index (χ3n) is 7.42. The van der Waals surface area contributed by atoms with Gasteiger partial charge in [-0.1, -0.05) is 27.7 Å². The Kier molecular flexibility index (Phi) is 7.62. The number of carbonyl (C=O) groups excluding carboxylic acids is 4. The Hall–Kier alpha value is -2.20. The minimum Gasteiger partial charge on any atom is -0.458 e. The van der Waals surface area contributed by atoms with Crippen LogP contribution in [0.1, 0.15) is 61.3 Å².